The fourth-order valence-electron chi connectivity index (χ4n) is 6.32. The third-order valence-electron chi connectivity index (χ3n) is 7.68. The third-order valence-corrected chi connectivity index (χ3v) is 7.68. The number of nitrogens with zero attached hydrogens (tertiary/aromatic N) is 2. The summed E-state index contributed by atoms with van der Waals surface area (Å²) in [5, 5.41) is 0. The van der Waals surface area contributed by atoms with Gasteiger partial charge in [-0.2, -0.15) is 0 Å². The molecule has 1 aromatic rings. The summed E-state index contributed by atoms with van der Waals surface area (Å²) in [7, 11) is 0. The van der Waals surface area contributed by atoms with Crippen LogP contribution in [0.2, 0.25) is 0 Å². The lowest BCUT2D eigenvalue weighted by Crippen LogP contribution is -2.33. The van der Waals surface area contributed by atoms with Gasteiger partial charge in [-0.15, -0.1) is 0 Å². The summed E-state index contributed by atoms with van der Waals surface area (Å²) in [6, 6.07) is 6.74. The number of amides is 4. The zero-order valence-corrected chi connectivity index (χ0v) is 16.0. The van der Waals surface area contributed by atoms with E-state index in [1.165, 1.54) is 9.80 Å². The lowest BCUT2D eigenvalue weighted by molar-refractivity contribution is -0.124. The van der Waals surface area contributed by atoms with Gasteiger partial charge in [0.2, 0.25) is 23.6 Å². The fraction of sp³-hybridized carbons (Fsp3) is 0.478. The normalized spacial score (nSPS) is 37.7. The average molecular weight is 390 g/mol. The highest BCUT2D eigenvalue weighted by Gasteiger charge is 2.59. The highest BCUT2D eigenvalue weighted by atomic mass is 16.2. The van der Waals surface area contributed by atoms with Crippen LogP contribution in [0.1, 0.15) is 32.1 Å². The molecule has 2 saturated carbocycles. The lowest BCUT2D eigenvalue weighted by atomic mass is 9.81. The minimum atomic E-state index is -0.234. The number of carbonyl (C=O) groups is 4. The number of carbonyl (C=O) groups excluding carboxylic acids is 4. The van der Waals surface area contributed by atoms with Gasteiger partial charge in [0.25, 0.3) is 0 Å². The van der Waals surface area contributed by atoms with Crippen LogP contribution in [-0.2, 0) is 19.2 Å². The number of hydrogen-bond donors (Lipinski definition) is 0. The molecule has 0 aromatic heterocycles. The summed E-state index contributed by atoms with van der Waals surface area (Å²) < 4.78 is 0. The van der Waals surface area contributed by atoms with Crippen molar-refractivity contribution >= 4 is 35.0 Å². The molecule has 6 rings (SSSR count). The van der Waals surface area contributed by atoms with Crippen molar-refractivity contribution in [2.45, 2.75) is 32.1 Å². The van der Waals surface area contributed by atoms with Crippen LogP contribution in [0, 0.1) is 35.5 Å². The Balaban J connectivity index is 1.28. The Kier molecular flexibility index (Phi) is 3.47. The molecule has 4 amide bonds. The van der Waals surface area contributed by atoms with Crippen molar-refractivity contribution in [1.82, 2.24) is 0 Å². The Bertz CT molecular complexity index is 927. The number of imide groups is 2. The van der Waals surface area contributed by atoms with Crippen LogP contribution in [0.3, 0.4) is 0 Å². The summed E-state index contributed by atoms with van der Waals surface area (Å²) in [4.78, 5) is 54.1. The number of benzene rings is 1. The molecule has 29 heavy (non-hydrogen) atoms. The van der Waals surface area contributed by atoms with Gasteiger partial charge < -0.3 is 0 Å². The maximum absolute atomic E-state index is 13.0. The number of rotatable bonds is 2. The van der Waals surface area contributed by atoms with E-state index in [1.807, 2.05) is 0 Å². The Hall–Kier alpha value is -2.76. The molecule has 148 valence electrons. The summed E-state index contributed by atoms with van der Waals surface area (Å²) >= 11 is 0. The molecular weight excluding hydrogens is 368 g/mol. The molecule has 1 aromatic carbocycles. The first-order valence-electron chi connectivity index (χ1n) is 10.6. The molecule has 2 heterocycles. The van der Waals surface area contributed by atoms with Gasteiger partial charge in [-0.25, -0.2) is 0 Å². The third kappa shape index (κ3) is 2.17. The van der Waals surface area contributed by atoms with Gasteiger partial charge in [0.1, 0.15) is 0 Å². The van der Waals surface area contributed by atoms with Gasteiger partial charge in [-0.3, -0.25) is 29.0 Å². The predicted octanol–water partition coefficient (Wildman–Crippen LogP) is 2.68. The van der Waals surface area contributed by atoms with Crippen molar-refractivity contribution in [3.05, 3.63) is 36.4 Å². The van der Waals surface area contributed by atoms with Gasteiger partial charge in [0.05, 0.1) is 35.0 Å². The summed E-state index contributed by atoms with van der Waals surface area (Å²) in [6.07, 6.45) is 8.60. The van der Waals surface area contributed by atoms with Crippen LogP contribution in [0.5, 0.6) is 0 Å². The van der Waals surface area contributed by atoms with Crippen LogP contribution >= 0.6 is 0 Å². The van der Waals surface area contributed by atoms with Crippen LogP contribution in [0.4, 0.5) is 11.4 Å². The fourth-order valence-corrected chi connectivity index (χ4v) is 6.32. The minimum Gasteiger partial charge on any atom is -0.274 e. The predicted molar refractivity (Wildman–Crippen MR) is 105 cm³/mol. The largest absolute Gasteiger partial charge is 0.274 e. The van der Waals surface area contributed by atoms with Crippen molar-refractivity contribution in [2.24, 2.45) is 35.5 Å². The molecule has 0 spiro atoms. The SMILES string of the molecule is O=C1[C@@H]2[C@H](C(=O)N1c1ccc(N3C(=O)[C@@H]4CCCC[C@H]4C3=O)cc1)[C@H]1C=C[C@H]2C1. The lowest BCUT2D eigenvalue weighted by Gasteiger charge is -2.19. The highest BCUT2D eigenvalue weighted by molar-refractivity contribution is 6.24. The molecule has 5 aliphatic rings. The molecule has 6 atom stereocenters. The van der Waals surface area contributed by atoms with Gasteiger partial charge in [-0.1, -0.05) is 25.0 Å². The van der Waals surface area contributed by atoms with Crippen LogP contribution in [0.15, 0.2) is 36.4 Å². The number of anilines is 2. The molecular formula is C23H22N2O4. The molecule has 3 aliphatic carbocycles. The second kappa shape index (κ2) is 5.88. The molecule has 0 radical (unpaired) electrons. The van der Waals surface area contributed by atoms with Crippen molar-refractivity contribution in [3.63, 3.8) is 0 Å². The number of allylic oxidation sites excluding steroid dienone is 2. The first kappa shape index (κ1) is 17.1. The van der Waals surface area contributed by atoms with E-state index >= 15 is 0 Å². The van der Waals surface area contributed by atoms with Gasteiger partial charge in [0, 0.05) is 0 Å². The second-order valence-corrected chi connectivity index (χ2v) is 9.04. The molecule has 2 bridgehead atoms. The number of fused-ring (bicyclic) bond motifs is 6. The minimum absolute atomic E-state index is 0.113. The first-order chi connectivity index (χ1) is 14.1. The highest BCUT2D eigenvalue weighted by Crippen LogP contribution is 2.53. The van der Waals surface area contributed by atoms with E-state index in [4.69, 9.17) is 0 Å². The van der Waals surface area contributed by atoms with Gasteiger partial charge in [-0.05, 0) is 55.4 Å². The maximum Gasteiger partial charge on any atom is 0.238 e. The Labute approximate surface area is 168 Å². The summed E-state index contributed by atoms with van der Waals surface area (Å²) in [5.74, 6) is -0.976. The topological polar surface area (TPSA) is 74.8 Å². The van der Waals surface area contributed by atoms with Crippen molar-refractivity contribution in [3.8, 4) is 0 Å². The average Bonchev–Trinajstić information content (AvgIpc) is 3.47. The molecule has 0 unspecified atom stereocenters. The molecule has 2 saturated heterocycles. The standard InChI is InChI=1S/C23H22N2O4/c26-20-16-3-1-2-4-17(16)21(27)24(20)14-7-9-15(10-8-14)25-22(28)18-12-5-6-13(11-12)19(18)23(25)29/h5-10,12-13,16-19H,1-4,11H2/t12-,13-,16+,17+,18-,19+/m0/s1. The molecule has 2 aliphatic heterocycles. The zero-order valence-electron chi connectivity index (χ0n) is 16.0. The monoisotopic (exact) mass is 390 g/mol. The van der Waals surface area contributed by atoms with Crippen LogP contribution in [-0.4, -0.2) is 23.6 Å². The summed E-state index contributed by atoms with van der Waals surface area (Å²) in [6.45, 7) is 0. The van der Waals surface area contributed by atoms with E-state index in [-0.39, 0.29) is 59.1 Å². The van der Waals surface area contributed by atoms with Crippen molar-refractivity contribution in [2.75, 3.05) is 9.80 Å². The maximum atomic E-state index is 13.0. The molecule has 6 heteroatoms. The van der Waals surface area contributed by atoms with Crippen LogP contribution < -0.4 is 9.80 Å². The molecule has 6 nitrogen and oxygen atoms in total. The molecule has 0 N–H and O–H groups in total. The van der Waals surface area contributed by atoms with Crippen molar-refractivity contribution < 1.29 is 19.2 Å². The first-order valence-corrected chi connectivity index (χ1v) is 10.6. The second-order valence-electron chi connectivity index (χ2n) is 9.04. The number of hydrogen-bond acceptors (Lipinski definition) is 4. The smallest absolute Gasteiger partial charge is 0.238 e. The Morgan fingerprint density at radius 1 is 0.621 bits per heavy atom. The van der Waals surface area contributed by atoms with Crippen molar-refractivity contribution in [1.29, 1.82) is 0 Å². The quantitative estimate of drug-likeness (QED) is 0.575. The van der Waals surface area contributed by atoms with E-state index in [0.29, 0.717) is 11.4 Å². The zero-order chi connectivity index (χ0) is 19.9. The van der Waals surface area contributed by atoms with E-state index in [2.05, 4.69) is 12.2 Å². The molecule has 4 fully saturated rings. The van der Waals surface area contributed by atoms with E-state index < -0.39 is 0 Å². The van der Waals surface area contributed by atoms with E-state index in [0.717, 1.165) is 32.1 Å². The van der Waals surface area contributed by atoms with Gasteiger partial charge >= 0.3 is 0 Å². The van der Waals surface area contributed by atoms with Crippen LogP contribution in [0.25, 0.3) is 0 Å². The van der Waals surface area contributed by atoms with E-state index in [9.17, 15) is 19.2 Å². The summed E-state index contributed by atoms with van der Waals surface area (Å²) in [5.41, 5.74) is 1.05. The van der Waals surface area contributed by atoms with Gasteiger partial charge in [0.15, 0.2) is 0 Å². The Morgan fingerprint density at radius 2 is 1.03 bits per heavy atom. The Morgan fingerprint density at radius 3 is 1.48 bits per heavy atom. The van der Waals surface area contributed by atoms with E-state index in [1.54, 1.807) is 24.3 Å².